The third kappa shape index (κ3) is 14.7. The summed E-state index contributed by atoms with van der Waals surface area (Å²) >= 11 is 0. The maximum absolute atomic E-state index is 5.08. The van der Waals surface area contributed by atoms with Crippen molar-refractivity contribution in [3.63, 3.8) is 0 Å². The Balaban J connectivity index is 0.000000107. The number of para-hydroxylation sites is 3. The van der Waals surface area contributed by atoms with Crippen molar-refractivity contribution in [3.8, 4) is 119 Å². The fraction of sp³-hybridized carbons (Fsp3) is 0. The Hall–Kier alpha value is -19.8. The summed E-state index contributed by atoms with van der Waals surface area (Å²) in [5.41, 5.74) is 23.2. The van der Waals surface area contributed by atoms with Crippen LogP contribution in [-0.2, 0) is 0 Å². The highest BCUT2D eigenvalue weighted by Crippen LogP contribution is 2.51. The van der Waals surface area contributed by atoms with Crippen molar-refractivity contribution in [2.45, 2.75) is 0 Å². The molecule has 10 nitrogen and oxygen atoms in total. The summed E-state index contributed by atoms with van der Waals surface area (Å²) in [4.78, 5) is 35.0. The molecule has 0 atom stereocenters. The zero-order chi connectivity index (χ0) is 96.9. The lowest BCUT2D eigenvalue weighted by Gasteiger charge is -2.14. The monoisotopic (exact) mass is 1870 g/mol. The molecule has 30 aromatic rings. The van der Waals surface area contributed by atoms with Gasteiger partial charge >= 0.3 is 0 Å². The van der Waals surface area contributed by atoms with Crippen molar-refractivity contribution in [2.24, 2.45) is 0 Å². The quantitative estimate of drug-likeness (QED) is 0.112. The average molecular weight is 1870 g/mol. The molecule has 10 heteroatoms. The Labute approximate surface area is 845 Å². The summed E-state index contributed by atoms with van der Waals surface area (Å²) in [6, 6.07) is 185. The van der Waals surface area contributed by atoms with Gasteiger partial charge in [-0.3, -0.25) is 0 Å². The van der Waals surface area contributed by atoms with Crippen LogP contribution in [0.15, 0.2) is 522 Å². The standard InChI is InChI=1S/2C46H29N3.C45H28N4/c1-3-14-31(15-4-1)40-29-41(48-46(47-40)33-16-5-2-6-17-33)32-23-26-34(27-24-32)49-42-22-12-11-21-39(42)44-43-35-18-8-7-13-30(35)25-28-37(43)36-19-9-10-20-38(36)45(44)49;1-3-14-31(15-4-1)40-29-41(32-16-5-2-6-17-32)48-46(47-40)33-23-26-34(27-24-33)49-42-22-12-11-21-39(42)44-43-35-18-8-7-13-30(35)25-28-37(43)36-19-9-10-20-38(36)45(44)49;1-3-14-30(15-4-1)43-46-44(31-16-5-2-6-17-31)48-45(47-43)32-23-26-33(27-24-32)49-39-22-12-11-21-38(39)41-40-34-18-8-7-13-29(34)25-28-36(40)35-19-9-10-20-37(35)42(41)49/h2*1-29H;1-28H. The fourth-order valence-corrected chi connectivity index (χ4v) is 22.5. The number of nitrogens with zero attached hydrogens (tertiary/aromatic N) is 10. The molecule has 30 rings (SSSR count). The SMILES string of the molecule is c1ccc(-c2cc(-c3ccc(-n4c5ccccc5c5c6c7ccccc7ccc6c6ccccc6c54)cc3)nc(-c3ccccc3)n2)cc1.c1ccc(-c2cc(-c3ccccc3)nc(-c3ccc(-n4c5ccccc5c5c6c7ccccc7ccc6c6ccccc6c54)cc3)n2)cc1.c1ccc(-c2nc(-c3ccccc3)nc(-c3ccc(-n4c5ccccc5c5c6c7ccccc7ccc6c6ccccc6c54)cc3)n2)cc1. The van der Waals surface area contributed by atoms with E-state index in [-0.39, 0.29) is 0 Å². The van der Waals surface area contributed by atoms with Crippen molar-refractivity contribution in [3.05, 3.63) is 522 Å². The minimum absolute atomic E-state index is 0.643. The minimum atomic E-state index is 0.643. The number of fused-ring (bicyclic) bond motifs is 30. The number of benzene rings is 24. The molecule has 24 aromatic carbocycles. The minimum Gasteiger partial charge on any atom is -0.309 e. The zero-order valence-corrected chi connectivity index (χ0v) is 79.6. The third-order valence-corrected chi connectivity index (χ3v) is 29.2. The van der Waals surface area contributed by atoms with Gasteiger partial charge in [0, 0.05) is 132 Å². The largest absolute Gasteiger partial charge is 0.309 e. The number of hydrogen-bond donors (Lipinski definition) is 0. The first-order valence-electron chi connectivity index (χ1n) is 49.9. The average Bonchev–Trinajstić information content (AvgIpc) is 1.57. The van der Waals surface area contributed by atoms with E-state index >= 15 is 0 Å². The van der Waals surface area contributed by atoms with E-state index in [4.69, 9.17) is 34.9 Å². The molecule has 0 unspecified atom stereocenters. The summed E-state index contributed by atoms with van der Waals surface area (Å²) in [6.45, 7) is 0. The van der Waals surface area contributed by atoms with E-state index < -0.39 is 0 Å². The summed E-state index contributed by atoms with van der Waals surface area (Å²) in [5, 5.41) is 30.4. The molecule has 0 bridgehead atoms. The maximum atomic E-state index is 5.08. The molecule has 0 N–H and O–H groups in total. The second-order valence-electron chi connectivity index (χ2n) is 37.6. The van der Waals surface area contributed by atoms with Crippen LogP contribution in [0.4, 0.5) is 0 Å². The van der Waals surface area contributed by atoms with E-state index in [1.807, 2.05) is 97.1 Å². The smallest absolute Gasteiger partial charge is 0.164 e. The Bertz CT molecular complexity index is 9340. The van der Waals surface area contributed by atoms with E-state index in [2.05, 4.69) is 438 Å². The van der Waals surface area contributed by atoms with Crippen LogP contribution in [0.5, 0.6) is 0 Å². The highest BCUT2D eigenvalue weighted by Gasteiger charge is 2.27. The summed E-state index contributed by atoms with van der Waals surface area (Å²) in [7, 11) is 0. The van der Waals surface area contributed by atoms with Crippen molar-refractivity contribution in [1.82, 2.24) is 48.6 Å². The lowest BCUT2D eigenvalue weighted by atomic mass is 9.93. The van der Waals surface area contributed by atoms with E-state index in [0.717, 1.165) is 89.9 Å². The van der Waals surface area contributed by atoms with Gasteiger partial charge in [-0.25, -0.2) is 34.9 Å². The number of aromatic nitrogens is 10. The molecule has 0 aliphatic rings. The topological polar surface area (TPSA) is 105 Å². The number of hydrogen-bond acceptors (Lipinski definition) is 7. The Kier molecular flexibility index (Phi) is 20.7. The Morgan fingerprint density at radius 3 is 0.592 bits per heavy atom. The zero-order valence-electron chi connectivity index (χ0n) is 79.6. The van der Waals surface area contributed by atoms with Gasteiger partial charge in [0.25, 0.3) is 0 Å². The van der Waals surface area contributed by atoms with Crippen molar-refractivity contribution >= 4 is 162 Å². The molecule has 0 radical (unpaired) electrons. The fourth-order valence-electron chi connectivity index (χ4n) is 22.5. The van der Waals surface area contributed by atoms with Crippen LogP contribution in [0.1, 0.15) is 0 Å². The van der Waals surface area contributed by atoms with Crippen molar-refractivity contribution in [1.29, 1.82) is 0 Å². The highest BCUT2D eigenvalue weighted by molar-refractivity contribution is 6.40. The van der Waals surface area contributed by atoms with Crippen LogP contribution >= 0.6 is 0 Å². The summed E-state index contributed by atoms with van der Waals surface area (Å²) in [5.74, 6) is 3.37. The molecule has 0 aliphatic heterocycles. The van der Waals surface area contributed by atoms with E-state index in [1.165, 1.54) is 162 Å². The van der Waals surface area contributed by atoms with Gasteiger partial charge < -0.3 is 13.7 Å². The normalized spacial score (nSPS) is 11.7. The number of rotatable bonds is 12. The summed E-state index contributed by atoms with van der Waals surface area (Å²) in [6.07, 6.45) is 0. The van der Waals surface area contributed by atoms with Gasteiger partial charge in [0.1, 0.15) is 0 Å². The molecule has 0 spiro atoms. The molecule has 147 heavy (non-hydrogen) atoms. The first kappa shape index (κ1) is 85.2. The van der Waals surface area contributed by atoms with Crippen LogP contribution in [0.3, 0.4) is 0 Å². The van der Waals surface area contributed by atoms with Crippen LogP contribution < -0.4 is 0 Å². The first-order chi connectivity index (χ1) is 72.9. The first-order valence-corrected chi connectivity index (χ1v) is 49.9. The van der Waals surface area contributed by atoms with Gasteiger partial charge in [-0.2, -0.15) is 0 Å². The van der Waals surface area contributed by atoms with E-state index in [0.29, 0.717) is 29.1 Å². The van der Waals surface area contributed by atoms with Gasteiger partial charge in [0.15, 0.2) is 29.1 Å². The Morgan fingerprint density at radius 1 is 0.122 bits per heavy atom. The third-order valence-electron chi connectivity index (χ3n) is 29.2. The lowest BCUT2D eigenvalue weighted by molar-refractivity contribution is 1.07. The molecular formula is C137H86N10. The molecule has 0 saturated heterocycles. The molecule has 684 valence electrons. The summed E-state index contributed by atoms with van der Waals surface area (Å²) < 4.78 is 7.31. The molecule has 6 heterocycles. The van der Waals surface area contributed by atoms with Crippen LogP contribution in [0.25, 0.3) is 281 Å². The lowest BCUT2D eigenvalue weighted by Crippen LogP contribution is -2.00. The van der Waals surface area contributed by atoms with Gasteiger partial charge in [-0.05, 0) is 156 Å². The predicted molar refractivity (Wildman–Crippen MR) is 613 cm³/mol. The molecule has 6 aromatic heterocycles. The second-order valence-corrected chi connectivity index (χ2v) is 37.6. The molecule has 0 amide bonds. The molecule has 0 fully saturated rings. The van der Waals surface area contributed by atoms with Crippen molar-refractivity contribution < 1.29 is 0 Å². The van der Waals surface area contributed by atoms with Gasteiger partial charge in [-0.15, -0.1) is 0 Å². The molecule has 0 aliphatic carbocycles. The maximum Gasteiger partial charge on any atom is 0.164 e. The van der Waals surface area contributed by atoms with Crippen LogP contribution in [-0.4, -0.2) is 48.6 Å². The van der Waals surface area contributed by atoms with Gasteiger partial charge in [0.2, 0.25) is 0 Å². The second kappa shape index (κ2) is 35.8. The van der Waals surface area contributed by atoms with Crippen LogP contribution in [0.2, 0.25) is 0 Å². The highest BCUT2D eigenvalue weighted by atomic mass is 15.0. The Morgan fingerprint density at radius 2 is 0.320 bits per heavy atom. The van der Waals surface area contributed by atoms with E-state index in [1.54, 1.807) is 0 Å². The molecule has 0 saturated carbocycles. The molecular weight excluding hydrogens is 1790 g/mol. The van der Waals surface area contributed by atoms with E-state index in [9.17, 15) is 0 Å². The predicted octanol–water partition coefficient (Wildman–Crippen LogP) is 35.5. The van der Waals surface area contributed by atoms with Gasteiger partial charge in [0.05, 0.1) is 55.9 Å². The van der Waals surface area contributed by atoms with Crippen LogP contribution in [0, 0.1) is 0 Å². The van der Waals surface area contributed by atoms with Gasteiger partial charge in [-0.1, -0.05) is 431 Å². The van der Waals surface area contributed by atoms with Crippen molar-refractivity contribution in [2.75, 3.05) is 0 Å².